The van der Waals surface area contributed by atoms with E-state index in [4.69, 9.17) is 0 Å². The van der Waals surface area contributed by atoms with Crippen molar-refractivity contribution in [2.75, 3.05) is 30.8 Å². The third kappa shape index (κ3) is 2.11. The predicted octanol–water partition coefficient (Wildman–Crippen LogP) is 0.292. The molecule has 0 bridgehead atoms. The van der Waals surface area contributed by atoms with Crippen LogP contribution in [0.3, 0.4) is 0 Å². The standard InChI is InChI=1S/C9H15N5/c1-10-8-4-9(13-6-12-8)14-7-2-3-11-5-7/h4,6-7,11H,2-3,5H2,1H3,(H2,10,12,13,14). The number of nitrogens with one attached hydrogen (secondary N) is 3. The smallest absolute Gasteiger partial charge is 0.131 e. The van der Waals surface area contributed by atoms with Gasteiger partial charge in [-0.15, -0.1) is 0 Å². The quantitative estimate of drug-likeness (QED) is 0.644. The summed E-state index contributed by atoms with van der Waals surface area (Å²) in [5.74, 6) is 1.73. The lowest BCUT2D eigenvalue weighted by atomic mass is 10.2. The molecule has 3 N–H and O–H groups in total. The van der Waals surface area contributed by atoms with Crippen molar-refractivity contribution in [3.8, 4) is 0 Å². The lowest BCUT2D eigenvalue weighted by molar-refractivity contribution is 0.787. The van der Waals surface area contributed by atoms with Crippen molar-refractivity contribution in [1.29, 1.82) is 0 Å². The maximum absolute atomic E-state index is 4.16. The van der Waals surface area contributed by atoms with Gasteiger partial charge in [0, 0.05) is 25.7 Å². The Labute approximate surface area is 83.3 Å². The monoisotopic (exact) mass is 193 g/mol. The zero-order valence-electron chi connectivity index (χ0n) is 8.25. The highest BCUT2D eigenvalue weighted by atomic mass is 15.1. The average Bonchev–Trinajstić information content (AvgIpc) is 2.71. The molecule has 0 saturated carbocycles. The van der Waals surface area contributed by atoms with Crippen molar-refractivity contribution in [1.82, 2.24) is 15.3 Å². The molecule has 2 heterocycles. The van der Waals surface area contributed by atoms with Crippen LogP contribution in [-0.4, -0.2) is 36.1 Å². The molecule has 5 nitrogen and oxygen atoms in total. The molecule has 1 aliphatic heterocycles. The maximum atomic E-state index is 4.16. The van der Waals surface area contributed by atoms with Crippen molar-refractivity contribution in [2.45, 2.75) is 12.5 Å². The van der Waals surface area contributed by atoms with Crippen molar-refractivity contribution < 1.29 is 0 Å². The van der Waals surface area contributed by atoms with E-state index in [9.17, 15) is 0 Å². The van der Waals surface area contributed by atoms with Crippen LogP contribution in [0.15, 0.2) is 12.4 Å². The number of aromatic nitrogens is 2. The molecular formula is C9H15N5. The number of rotatable bonds is 3. The lowest BCUT2D eigenvalue weighted by Gasteiger charge is -2.11. The van der Waals surface area contributed by atoms with Crippen molar-refractivity contribution in [3.05, 3.63) is 12.4 Å². The molecule has 1 aromatic rings. The van der Waals surface area contributed by atoms with Gasteiger partial charge in [-0.2, -0.15) is 0 Å². The van der Waals surface area contributed by atoms with E-state index < -0.39 is 0 Å². The Morgan fingerprint density at radius 3 is 3.00 bits per heavy atom. The molecule has 0 amide bonds. The summed E-state index contributed by atoms with van der Waals surface area (Å²) >= 11 is 0. The summed E-state index contributed by atoms with van der Waals surface area (Å²) in [7, 11) is 1.85. The molecule has 14 heavy (non-hydrogen) atoms. The minimum absolute atomic E-state index is 0.495. The number of nitrogens with zero attached hydrogens (tertiary/aromatic N) is 2. The van der Waals surface area contributed by atoms with Crippen LogP contribution in [0.4, 0.5) is 11.6 Å². The summed E-state index contributed by atoms with van der Waals surface area (Å²) in [6.45, 7) is 2.10. The SMILES string of the molecule is CNc1cc(NC2CCNC2)ncn1. The molecule has 1 aromatic heterocycles. The van der Waals surface area contributed by atoms with Gasteiger partial charge in [0.15, 0.2) is 0 Å². The van der Waals surface area contributed by atoms with Gasteiger partial charge in [-0.05, 0) is 13.0 Å². The molecule has 0 aliphatic carbocycles. The molecular weight excluding hydrogens is 178 g/mol. The van der Waals surface area contributed by atoms with E-state index in [0.717, 1.165) is 31.1 Å². The first-order valence-corrected chi connectivity index (χ1v) is 4.85. The summed E-state index contributed by atoms with van der Waals surface area (Å²) in [5.41, 5.74) is 0. The van der Waals surface area contributed by atoms with Crippen molar-refractivity contribution in [2.24, 2.45) is 0 Å². The Morgan fingerprint density at radius 1 is 1.43 bits per heavy atom. The molecule has 1 aliphatic rings. The van der Waals surface area contributed by atoms with E-state index in [0.29, 0.717) is 6.04 Å². The molecule has 5 heteroatoms. The fraction of sp³-hybridized carbons (Fsp3) is 0.556. The molecule has 1 fully saturated rings. The van der Waals surface area contributed by atoms with Gasteiger partial charge in [0.05, 0.1) is 0 Å². The molecule has 0 radical (unpaired) electrons. The lowest BCUT2D eigenvalue weighted by Crippen LogP contribution is -2.22. The third-order valence-corrected chi connectivity index (χ3v) is 2.34. The second-order valence-corrected chi connectivity index (χ2v) is 3.37. The largest absolute Gasteiger partial charge is 0.373 e. The number of anilines is 2. The van der Waals surface area contributed by atoms with E-state index in [-0.39, 0.29) is 0 Å². The van der Waals surface area contributed by atoms with E-state index in [1.54, 1.807) is 6.33 Å². The van der Waals surface area contributed by atoms with Gasteiger partial charge in [0.25, 0.3) is 0 Å². The number of hydrogen-bond acceptors (Lipinski definition) is 5. The van der Waals surface area contributed by atoms with Crippen LogP contribution in [0.2, 0.25) is 0 Å². The third-order valence-electron chi connectivity index (χ3n) is 2.34. The zero-order valence-corrected chi connectivity index (χ0v) is 8.25. The van der Waals surface area contributed by atoms with Gasteiger partial charge in [-0.25, -0.2) is 9.97 Å². The Balaban J connectivity index is 2.00. The summed E-state index contributed by atoms with van der Waals surface area (Å²) in [4.78, 5) is 8.22. The molecule has 1 atom stereocenters. The highest BCUT2D eigenvalue weighted by molar-refractivity contribution is 5.46. The molecule has 0 spiro atoms. The van der Waals surface area contributed by atoms with Crippen LogP contribution in [0, 0.1) is 0 Å². The summed E-state index contributed by atoms with van der Waals surface area (Å²) < 4.78 is 0. The van der Waals surface area contributed by atoms with Crippen LogP contribution >= 0.6 is 0 Å². The molecule has 1 saturated heterocycles. The first kappa shape index (κ1) is 9.21. The average molecular weight is 193 g/mol. The van der Waals surface area contributed by atoms with Crippen molar-refractivity contribution >= 4 is 11.6 Å². The fourth-order valence-corrected chi connectivity index (χ4v) is 1.56. The number of hydrogen-bond donors (Lipinski definition) is 3. The van der Waals surface area contributed by atoms with Crippen LogP contribution < -0.4 is 16.0 Å². The van der Waals surface area contributed by atoms with Gasteiger partial charge in [0.1, 0.15) is 18.0 Å². The molecule has 0 aromatic carbocycles. The normalized spacial score (nSPS) is 20.8. The van der Waals surface area contributed by atoms with Gasteiger partial charge in [0.2, 0.25) is 0 Å². The first-order valence-electron chi connectivity index (χ1n) is 4.85. The van der Waals surface area contributed by atoms with Crippen LogP contribution in [-0.2, 0) is 0 Å². The summed E-state index contributed by atoms with van der Waals surface area (Å²) in [6, 6.07) is 2.41. The highest BCUT2D eigenvalue weighted by Gasteiger charge is 2.14. The van der Waals surface area contributed by atoms with E-state index in [1.165, 1.54) is 0 Å². The Morgan fingerprint density at radius 2 is 2.29 bits per heavy atom. The maximum Gasteiger partial charge on any atom is 0.131 e. The summed E-state index contributed by atoms with van der Waals surface area (Å²) in [6.07, 6.45) is 2.72. The summed E-state index contributed by atoms with van der Waals surface area (Å²) in [5, 5.41) is 9.65. The first-order chi connectivity index (χ1) is 6.88. The molecule has 76 valence electrons. The van der Waals surface area contributed by atoms with E-state index >= 15 is 0 Å². The van der Waals surface area contributed by atoms with E-state index in [2.05, 4.69) is 25.9 Å². The Bertz CT molecular complexity index is 295. The van der Waals surface area contributed by atoms with Crippen LogP contribution in [0.1, 0.15) is 6.42 Å². The topological polar surface area (TPSA) is 61.9 Å². The molecule has 1 unspecified atom stereocenters. The van der Waals surface area contributed by atoms with Gasteiger partial charge in [-0.1, -0.05) is 0 Å². The van der Waals surface area contributed by atoms with Crippen LogP contribution in [0.5, 0.6) is 0 Å². The van der Waals surface area contributed by atoms with Crippen molar-refractivity contribution in [3.63, 3.8) is 0 Å². The van der Waals surface area contributed by atoms with Gasteiger partial charge in [-0.3, -0.25) is 0 Å². The van der Waals surface area contributed by atoms with Crippen LogP contribution in [0.25, 0.3) is 0 Å². The second-order valence-electron chi connectivity index (χ2n) is 3.37. The fourth-order valence-electron chi connectivity index (χ4n) is 1.56. The minimum atomic E-state index is 0.495. The minimum Gasteiger partial charge on any atom is -0.373 e. The Hall–Kier alpha value is -1.36. The molecule has 2 rings (SSSR count). The zero-order chi connectivity index (χ0) is 9.80. The van der Waals surface area contributed by atoms with Gasteiger partial charge >= 0.3 is 0 Å². The van der Waals surface area contributed by atoms with Gasteiger partial charge < -0.3 is 16.0 Å². The highest BCUT2D eigenvalue weighted by Crippen LogP contribution is 2.11. The second kappa shape index (κ2) is 4.23. The van der Waals surface area contributed by atoms with E-state index in [1.807, 2.05) is 13.1 Å². The predicted molar refractivity (Wildman–Crippen MR) is 56.5 cm³/mol. The Kier molecular flexibility index (Phi) is 2.78.